The summed E-state index contributed by atoms with van der Waals surface area (Å²) in [6.45, 7) is 18.2. The molecule has 2 saturated heterocycles. The zero-order valence-electron chi connectivity index (χ0n) is 19.1. The van der Waals surface area contributed by atoms with E-state index in [2.05, 4.69) is 55.4 Å². The molecule has 0 saturated carbocycles. The Bertz CT molecular complexity index is 493. The third-order valence-corrected chi connectivity index (χ3v) is 16.7. The fourth-order valence-corrected chi connectivity index (χ4v) is 16.0. The van der Waals surface area contributed by atoms with E-state index >= 15 is 0 Å². The van der Waals surface area contributed by atoms with Gasteiger partial charge in [-0.1, -0.05) is 55.4 Å². The summed E-state index contributed by atoms with van der Waals surface area (Å²) in [6.07, 6.45) is 1.22. The van der Waals surface area contributed by atoms with Gasteiger partial charge in [0.25, 0.3) is 0 Å². The average molecular weight is 447 g/mol. The van der Waals surface area contributed by atoms with Crippen molar-refractivity contribution in [2.24, 2.45) is 0 Å². The van der Waals surface area contributed by atoms with Gasteiger partial charge < -0.3 is 22.4 Å². The van der Waals surface area contributed by atoms with Crippen LogP contribution in [-0.2, 0) is 22.4 Å². The molecule has 2 aliphatic heterocycles. The Kier molecular flexibility index (Phi) is 8.76. The lowest BCUT2D eigenvalue weighted by Crippen LogP contribution is -2.66. The van der Waals surface area contributed by atoms with Crippen molar-refractivity contribution < 1.29 is 22.4 Å². The summed E-state index contributed by atoms with van der Waals surface area (Å²) in [5.41, 5.74) is 1.18. The molecule has 2 fully saturated rings. The molecule has 4 atom stereocenters. The minimum atomic E-state index is -2.66. The molecule has 2 heterocycles. The SMILES string of the molecule is [B]C1OC2CO[Si](C(C)C)(C(C)C)O[Si](C(C)C)(C(C)C)OC2C1OCSC. The molecule has 9 heteroatoms. The zero-order chi connectivity index (χ0) is 21.3. The molecule has 0 aromatic rings. The number of rotatable bonds is 7. The first-order chi connectivity index (χ1) is 13.0. The van der Waals surface area contributed by atoms with Crippen molar-refractivity contribution in [3.63, 3.8) is 0 Å². The molecule has 5 nitrogen and oxygen atoms in total. The highest BCUT2D eigenvalue weighted by atomic mass is 32.2. The van der Waals surface area contributed by atoms with Crippen molar-refractivity contribution in [3.8, 4) is 0 Å². The van der Waals surface area contributed by atoms with Crippen molar-refractivity contribution in [1.82, 2.24) is 0 Å². The van der Waals surface area contributed by atoms with Crippen LogP contribution in [0.5, 0.6) is 0 Å². The number of hydrogen-bond donors (Lipinski definition) is 0. The molecule has 0 N–H and O–H groups in total. The lowest BCUT2D eigenvalue weighted by molar-refractivity contribution is -0.0381. The van der Waals surface area contributed by atoms with Crippen molar-refractivity contribution in [1.29, 1.82) is 0 Å². The van der Waals surface area contributed by atoms with E-state index < -0.39 is 23.1 Å². The molecule has 28 heavy (non-hydrogen) atoms. The molecule has 0 spiro atoms. The van der Waals surface area contributed by atoms with Crippen molar-refractivity contribution in [2.75, 3.05) is 18.8 Å². The van der Waals surface area contributed by atoms with Gasteiger partial charge in [0.2, 0.25) is 0 Å². The van der Waals surface area contributed by atoms with Gasteiger partial charge in [-0.3, -0.25) is 0 Å². The maximum Gasteiger partial charge on any atom is 0.335 e. The van der Waals surface area contributed by atoms with E-state index in [-0.39, 0.29) is 29.4 Å². The quantitative estimate of drug-likeness (QED) is 0.423. The van der Waals surface area contributed by atoms with Gasteiger partial charge in [-0.15, -0.1) is 11.8 Å². The van der Waals surface area contributed by atoms with Crippen LogP contribution in [0.2, 0.25) is 22.2 Å². The Morgan fingerprint density at radius 2 is 1.50 bits per heavy atom. The number of thioether (sulfide) groups is 1. The van der Waals surface area contributed by atoms with Gasteiger partial charge in [-0.05, 0) is 28.4 Å². The Labute approximate surface area is 179 Å². The number of ether oxygens (including phenoxy) is 2. The summed E-state index contributed by atoms with van der Waals surface area (Å²) >= 11 is 1.63. The first kappa shape index (κ1) is 24.9. The molecule has 4 unspecified atom stereocenters. The van der Waals surface area contributed by atoms with Crippen LogP contribution in [0.1, 0.15) is 55.4 Å². The Hall–Kier alpha value is 0.649. The van der Waals surface area contributed by atoms with E-state index in [4.69, 9.17) is 30.3 Å². The Morgan fingerprint density at radius 3 is 1.96 bits per heavy atom. The van der Waals surface area contributed by atoms with E-state index in [0.29, 0.717) is 23.6 Å². The van der Waals surface area contributed by atoms with Crippen LogP contribution in [0.25, 0.3) is 0 Å². The van der Waals surface area contributed by atoms with Crippen LogP contribution in [0, 0.1) is 0 Å². The summed E-state index contributed by atoms with van der Waals surface area (Å²) in [5.74, 6) is 0.560. The highest BCUT2D eigenvalue weighted by Gasteiger charge is 2.61. The van der Waals surface area contributed by atoms with E-state index in [9.17, 15) is 0 Å². The molecule has 2 aliphatic rings. The van der Waals surface area contributed by atoms with E-state index in [1.54, 1.807) is 11.8 Å². The van der Waals surface area contributed by atoms with Crippen LogP contribution in [0.15, 0.2) is 0 Å². The fourth-order valence-electron chi connectivity index (χ4n) is 4.51. The van der Waals surface area contributed by atoms with Crippen molar-refractivity contribution >= 4 is 36.7 Å². The van der Waals surface area contributed by atoms with Gasteiger partial charge in [0.1, 0.15) is 26.2 Å². The largest absolute Gasteiger partial charge is 0.414 e. The lowest BCUT2D eigenvalue weighted by Gasteiger charge is -2.51. The van der Waals surface area contributed by atoms with Gasteiger partial charge in [0.15, 0.2) is 0 Å². The standard InChI is InChI=1S/C19H39BO5SSi2/c1-12(2)27(13(3)4)22-10-16-17(18(19(20)23-16)21-11-26-9)24-28(25-27,14(5)6)15(7)8/h12-19H,10-11H2,1-9H3. The fraction of sp³-hybridized carbons (Fsp3) is 1.00. The minimum absolute atomic E-state index is 0.223. The molecule has 0 amide bonds. The molecular weight excluding hydrogens is 407 g/mol. The molecule has 162 valence electrons. The number of hydrogen-bond acceptors (Lipinski definition) is 6. The summed E-state index contributed by atoms with van der Waals surface area (Å²) in [6, 6.07) is -0.510. The summed E-state index contributed by atoms with van der Waals surface area (Å²) < 4.78 is 33.0. The van der Waals surface area contributed by atoms with Crippen molar-refractivity contribution in [2.45, 2.75) is 102 Å². The predicted octanol–water partition coefficient (Wildman–Crippen LogP) is 4.54. The Balaban J connectivity index is 2.50. The molecule has 0 aromatic heterocycles. The second-order valence-electron chi connectivity index (χ2n) is 9.23. The van der Waals surface area contributed by atoms with Gasteiger partial charge in [0, 0.05) is 6.00 Å². The second kappa shape index (κ2) is 9.85. The minimum Gasteiger partial charge on any atom is -0.414 e. The third kappa shape index (κ3) is 4.61. The molecule has 2 rings (SSSR count). The van der Waals surface area contributed by atoms with Crippen LogP contribution < -0.4 is 0 Å². The second-order valence-corrected chi connectivity index (χ2v) is 18.9. The summed E-state index contributed by atoms with van der Waals surface area (Å²) in [4.78, 5) is 0. The van der Waals surface area contributed by atoms with E-state index in [1.165, 1.54) is 0 Å². The monoisotopic (exact) mass is 446 g/mol. The maximum atomic E-state index is 7.18. The van der Waals surface area contributed by atoms with Crippen LogP contribution in [0.3, 0.4) is 0 Å². The van der Waals surface area contributed by atoms with Gasteiger partial charge in [-0.25, -0.2) is 0 Å². The highest BCUT2D eigenvalue weighted by molar-refractivity contribution is 7.98. The summed E-state index contributed by atoms with van der Waals surface area (Å²) in [7, 11) is 1.10. The predicted molar refractivity (Wildman–Crippen MR) is 121 cm³/mol. The Morgan fingerprint density at radius 1 is 0.964 bits per heavy atom. The zero-order valence-corrected chi connectivity index (χ0v) is 21.9. The molecule has 0 aliphatic carbocycles. The highest BCUT2D eigenvalue weighted by Crippen LogP contribution is 2.47. The average Bonchev–Trinajstić information content (AvgIpc) is 2.86. The van der Waals surface area contributed by atoms with E-state index in [0.717, 1.165) is 0 Å². The van der Waals surface area contributed by atoms with Crippen LogP contribution in [0.4, 0.5) is 0 Å². The first-order valence-corrected chi connectivity index (χ1v) is 15.9. The topological polar surface area (TPSA) is 46.2 Å². The molecule has 0 aromatic carbocycles. The lowest BCUT2D eigenvalue weighted by atomic mass is 9.93. The normalized spacial score (nSPS) is 32.8. The molecule has 2 radical (unpaired) electrons. The molecule has 0 bridgehead atoms. The van der Waals surface area contributed by atoms with Gasteiger partial charge in [0.05, 0.1) is 12.5 Å². The van der Waals surface area contributed by atoms with Gasteiger partial charge >= 0.3 is 17.1 Å². The maximum absolute atomic E-state index is 7.18. The van der Waals surface area contributed by atoms with Crippen molar-refractivity contribution in [3.05, 3.63) is 0 Å². The van der Waals surface area contributed by atoms with Gasteiger partial charge in [-0.2, -0.15) is 0 Å². The van der Waals surface area contributed by atoms with E-state index in [1.807, 2.05) is 6.26 Å². The number of fused-ring (bicyclic) bond motifs is 1. The smallest absolute Gasteiger partial charge is 0.335 e. The third-order valence-electron chi connectivity index (χ3n) is 6.06. The molecular formula is C19H39BO5SSi2. The van der Waals surface area contributed by atoms with Crippen LogP contribution in [-0.4, -0.2) is 68.1 Å². The van der Waals surface area contributed by atoms with Crippen LogP contribution >= 0.6 is 11.8 Å². The first-order valence-electron chi connectivity index (χ1n) is 10.5. The summed E-state index contributed by atoms with van der Waals surface area (Å²) in [5, 5.41) is 0.